The van der Waals surface area contributed by atoms with Gasteiger partial charge in [-0.2, -0.15) is 0 Å². The Morgan fingerprint density at radius 3 is 2.58 bits per heavy atom. The summed E-state index contributed by atoms with van der Waals surface area (Å²) in [6, 6.07) is 16.9. The molecular formula is C22H24N2OS. The summed E-state index contributed by atoms with van der Waals surface area (Å²) >= 11 is 1.67. The quantitative estimate of drug-likeness (QED) is 0.618. The van der Waals surface area contributed by atoms with Gasteiger partial charge in [0.2, 0.25) is 0 Å². The Kier molecular flexibility index (Phi) is 5.05. The zero-order chi connectivity index (χ0) is 17.9. The number of hydrogen-bond acceptors (Lipinski definition) is 4. The zero-order valence-corrected chi connectivity index (χ0v) is 16.0. The van der Waals surface area contributed by atoms with Crippen molar-refractivity contribution in [3.63, 3.8) is 0 Å². The van der Waals surface area contributed by atoms with Gasteiger partial charge in [-0.25, -0.2) is 0 Å². The van der Waals surface area contributed by atoms with Gasteiger partial charge in [0.1, 0.15) is 0 Å². The van der Waals surface area contributed by atoms with Gasteiger partial charge in [-0.05, 0) is 31.2 Å². The van der Waals surface area contributed by atoms with Crippen molar-refractivity contribution in [3.05, 3.63) is 65.0 Å². The van der Waals surface area contributed by atoms with Crippen molar-refractivity contribution in [2.24, 2.45) is 0 Å². The third kappa shape index (κ3) is 3.67. The van der Waals surface area contributed by atoms with Crippen LogP contribution in [0.25, 0.3) is 10.1 Å². The SMILES string of the molecule is Cc1ccc2scc(C(=O)CCN3CCN(c4ccccc4)CC3)c2c1. The van der Waals surface area contributed by atoms with E-state index in [0.717, 1.165) is 43.7 Å². The topological polar surface area (TPSA) is 23.6 Å². The van der Waals surface area contributed by atoms with Crippen LogP contribution in [0.5, 0.6) is 0 Å². The van der Waals surface area contributed by atoms with Gasteiger partial charge in [0, 0.05) is 65.9 Å². The molecule has 1 aromatic heterocycles. The van der Waals surface area contributed by atoms with Gasteiger partial charge in [0.25, 0.3) is 0 Å². The van der Waals surface area contributed by atoms with Crippen LogP contribution < -0.4 is 4.90 Å². The average Bonchev–Trinajstić information content (AvgIpc) is 3.10. The highest BCUT2D eigenvalue weighted by Crippen LogP contribution is 2.28. The Bertz CT molecular complexity index is 895. The highest BCUT2D eigenvalue weighted by Gasteiger charge is 2.19. The first-order valence-electron chi connectivity index (χ1n) is 9.24. The standard InChI is InChI=1S/C22H24N2OS/c1-17-7-8-22-19(15-17)20(16-26-22)21(25)9-10-23-11-13-24(14-12-23)18-5-3-2-4-6-18/h2-8,15-16H,9-14H2,1H3. The van der Waals surface area contributed by atoms with E-state index in [0.29, 0.717) is 6.42 Å². The van der Waals surface area contributed by atoms with Gasteiger partial charge < -0.3 is 4.90 Å². The van der Waals surface area contributed by atoms with E-state index >= 15 is 0 Å². The number of hydrogen-bond donors (Lipinski definition) is 0. The molecule has 0 atom stereocenters. The van der Waals surface area contributed by atoms with Crippen LogP contribution in [-0.4, -0.2) is 43.4 Å². The molecule has 0 unspecified atom stereocenters. The van der Waals surface area contributed by atoms with Gasteiger partial charge in [0.15, 0.2) is 5.78 Å². The molecule has 1 fully saturated rings. The minimum Gasteiger partial charge on any atom is -0.369 e. The number of nitrogens with zero attached hydrogens (tertiary/aromatic N) is 2. The second-order valence-electron chi connectivity index (χ2n) is 6.99. The van der Waals surface area contributed by atoms with Crippen molar-refractivity contribution < 1.29 is 4.79 Å². The minimum absolute atomic E-state index is 0.271. The van der Waals surface area contributed by atoms with Gasteiger partial charge in [0.05, 0.1) is 0 Å². The molecule has 1 saturated heterocycles. The Morgan fingerprint density at radius 2 is 1.81 bits per heavy atom. The number of benzene rings is 2. The van der Waals surface area contributed by atoms with Crippen LogP contribution in [0.2, 0.25) is 0 Å². The molecule has 134 valence electrons. The van der Waals surface area contributed by atoms with Gasteiger partial charge >= 0.3 is 0 Å². The zero-order valence-electron chi connectivity index (χ0n) is 15.1. The highest BCUT2D eigenvalue weighted by molar-refractivity contribution is 7.17. The summed E-state index contributed by atoms with van der Waals surface area (Å²) in [5.41, 5.74) is 3.40. The van der Waals surface area contributed by atoms with Crippen molar-refractivity contribution in [2.45, 2.75) is 13.3 Å². The molecule has 4 rings (SSSR count). The number of thiophene rings is 1. The second-order valence-corrected chi connectivity index (χ2v) is 7.90. The first-order valence-corrected chi connectivity index (χ1v) is 10.1. The molecule has 1 aliphatic rings. The number of Topliss-reactive ketones (excluding diaryl/α,β-unsaturated/α-hetero) is 1. The third-order valence-electron chi connectivity index (χ3n) is 5.18. The van der Waals surface area contributed by atoms with E-state index in [9.17, 15) is 4.79 Å². The predicted molar refractivity (Wildman–Crippen MR) is 111 cm³/mol. The molecule has 0 spiro atoms. The van der Waals surface area contributed by atoms with E-state index in [2.05, 4.69) is 65.3 Å². The number of anilines is 1. The first kappa shape index (κ1) is 17.3. The van der Waals surface area contributed by atoms with Crippen LogP contribution in [0, 0.1) is 6.92 Å². The second kappa shape index (κ2) is 7.60. The molecule has 2 aromatic carbocycles. The lowest BCUT2D eigenvalue weighted by atomic mass is 10.1. The molecular weight excluding hydrogens is 340 g/mol. The number of para-hydroxylation sites is 1. The summed E-state index contributed by atoms with van der Waals surface area (Å²) in [5.74, 6) is 0.271. The number of carbonyl (C=O) groups excluding carboxylic acids is 1. The third-order valence-corrected chi connectivity index (χ3v) is 6.14. The van der Waals surface area contributed by atoms with Crippen molar-refractivity contribution in [2.75, 3.05) is 37.6 Å². The van der Waals surface area contributed by atoms with Gasteiger partial charge in [-0.1, -0.05) is 29.8 Å². The summed E-state index contributed by atoms with van der Waals surface area (Å²) in [6.07, 6.45) is 0.602. The van der Waals surface area contributed by atoms with E-state index in [4.69, 9.17) is 0 Å². The van der Waals surface area contributed by atoms with E-state index in [-0.39, 0.29) is 5.78 Å². The van der Waals surface area contributed by atoms with Crippen LogP contribution in [0.1, 0.15) is 22.3 Å². The molecule has 4 heteroatoms. The predicted octanol–water partition coefficient (Wildman–Crippen LogP) is 4.60. The molecule has 2 heterocycles. The van der Waals surface area contributed by atoms with Gasteiger partial charge in [-0.15, -0.1) is 11.3 Å². The Labute approximate surface area is 158 Å². The Balaban J connectivity index is 1.33. The minimum atomic E-state index is 0.271. The summed E-state index contributed by atoms with van der Waals surface area (Å²) < 4.78 is 1.20. The molecule has 0 amide bonds. The first-order chi connectivity index (χ1) is 12.7. The van der Waals surface area contributed by atoms with E-state index in [1.807, 2.05) is 5.38 Å². The van der Waals surface area contributed by atoms with E-state index in [1.54, 1.807) is 11.3 Å². The normalized spacial score (nSPS) is 15.5. The fourth-order valence-corrected chi connectivity index (χ4v) is 4.57. The van der Waals surface area contributed by atoms with Crippen LogP contribution in [0.4, 0.5) is 5.69 Å². The molecule has 0 radical (unpaired) electrons. The van der Waals surface area contributed by atoms with Crippen LogP contribution in [0.3, 0.4) is 0 Å². The largest absolute Gasteiger partial charge is 0.369 e. The molecule has 0 saturated carbocycles. The molecule has 26 heavy (non-hydrogen) atoms. The smallest absolute Gasteiger partial charge is 0.165 e. The number of piperazine rings is 1. The summed E-state index contributed by atoms with van der Waals surface area (Å²) in [6.45, 7) is 7.02. The lowest BCUT2D eigenvalue weighted by Crippen LogP contribution is -2.46. The number of carbonyl (C=O) groups is 1. The Hall–Kier alpha value is -2.17. The Morgan fingerprint density at radius 1 is 1.04 bits per heavy atom. The molecule has 0 bridgehead atoms. The van der Waals surface area contributed by atoms with Gasteiger partial charge in [-0.3, -0.25) is 9.69 Å². The molecule has 0 N–H and O–H groups in total. The van der Waals surface area contributed by atoms with Crippen molar-refractivity contribution in [1.29, 1.82) is 0 Å². The monoisotopic (exact) mass is 364 g/mol. The van der Waals surface area contributed by atoms with Crippen molar-refractivity contribution in [3.8, 4) is 0 Å². The number of aryl methyl sites for hydroxylation is 1. The fourth-order valence-electron chi connectivity index (χ4n) is 3.62. The molecule has 3 nitrogen and oxygen atoms in total. The summed E-state index contributed by atoms with van der Waals surface area (Å²) in [5, 5.41) is 3.15. The maximum absolute atomic E-state index is 12.7. The number of ketones is 1. The van der Waals surface area contributed by atoms with E-state index < -0.39 is 0 Å². The lowest BCUT2D eigenvalue weighted by molar-refractivity contribution is 0.0964. The summed E-state index contributed by atoms with van der Waals surface area (Å²) in [4.78, 5) is 17.6. The fraction of sp³-hybridized carbons (Fsp3) is 0.318. The lowest BCUT2D eigenvalue weighted by Gasteiger charge is -2.36. The molecule has 0 aliphatic carbocycles. The van der Waals surface area contributed by atoms with E-state index in [1.165, 1.54) is 16.0 Å². The van der Waals surface area contributed by atoms with Crippen LogP contribution in [0.15, 0.2) is 53.9 Å². The molecule has 3 aromatic rings. The number of rotatable bonds is 5. The van der Waals surface area contributed by atoms with Crippen molar-refractivity contribution in [1.82, 2.24) is 4.90 Å². The summed E-state index contributed by atoms with van der Waals surface area (Å²) in [7, 11) is 0. The van der Waals surface area contributed by atoms with Crippen molar-refractivity contribution >= 4 is 32.9 Å². The average molecular weight is 365 g/mol. The maximum Gasteiger partial charge on any atom is 0.165 e. The molecule has 1 aliphatic heterocycles. The maximum atomic E-state index is 12.7. The highest BCUT2D eigenvalue weighted by atomic mass is 32.1. The van der Waals surface area contributed by atoms with Crippen LogP contribution in [-0.2, 0) is 0 Å². The van der Waals surface area contributed by atoms with Crippen LogP contribution >= 0.6 is 11.3 Å². The number of fused-ring (bicyclic) bond motifs is 1.